The number of carbonyl (C=O) groups is 3. The van der Waals surface area contributed by atoms with Crippen molar-refractivity contribution in [2.24, 2.45) is 0 Å². The third kappa shape index (κ3) is 4.41. The first-order valence-corrected chi connectivity index (χ1v) is 12.5. The van der Waals surface area contributed by atoms with Crippen molar-refractivity contribution in [1.29, 1.82) is 0 Å². The van der Waals surface area contributed by atoms with Crippen LogP contribution in [0.4, 0.5) is 4.79 Å². The Morgan fingerprint density at radius 3 is 2.37 bits per heavy atom. The fourth-order valence-electron chi connectivity index (χ4n) is 5.12. The number of benzene rings is 2. The Balaban J connectivity index is 1.19. The van der Waals surface area contributed by atoms with Crippen molar-refractivity contribution in [3.8, 4) is 11.1 Å². The highest BCUT2D eigenvalue weighted by Crippen LogP contribution is 2.44. The van der Waals surface area contributed by atoms with Gasteiger partial charge in [-0.2, -0.15) is 0 Å². The van der Waals surface area contributed by atoms with E-state index >= 15 is 0 Å². The van der Waals surface area contributed by atoms with E-state index in [0.717, 1.165) is 27.1 Å². The van der Waals surface area contributed by atoms with Gasteiger partial charge in [0.15, 0.2) is 6.04 Å². The third-order valence-electron chi connectivity index (χ3n) is 6.71. The number of rotatable bonds is 6. The summed E-state index contributed by atoms with van der Waals surface area (Å²) in [5.41, 5.74) is 5.24. The number of hydrogen-bond acceptors (Lipinski definition) is 5. The minimum Gasteiger partial charge on any atom is -0.479 e. The number of fused-ring (bicyclic) bond motifs is 4. The van der Waals surface area contributed by atoms with Gasteiger partial charge in [0, 0.05) is 29.8 Å². The highest BCUT2D eigenvalue weighted by atomic mass is 32.1. The zero-order chi connectivity index (χ0) is 24.5. The van der Waals surface area contributed by atoms with Crippen LogP contribution in [0.3, 0.4) is 0 Å². The maximum absolute atomic E-state index is 13.0. The summed E-state index contributed by atoms with van der Waals surface area (Å²) in [4.78, 5) is 39.8. The molecule has 0 bridgehead atoms. The van der Waals surface area contributed by atoms with Crippen molar-refractivity contribution in [3.63, 3.8) is 0 Å². The molecule has 8 heteroatoms. The minimum atomic E-state index is -1.05. The Kier molecular flexibility index (Phi) is 6.30. The summed E-state index contributed by atoms with van der Waals surface area (Å²) in [6, 6.07) is 16.5. The molecule has 3 aromatic rings. The van der Waals surface area contributed by atoms with Crippen LogP contribution < -0.4 is 5.32 Å². The van der Waals surface area contributed by atoms with Crippen LogP contribution in [0.1, 0.15) is 46.9 Å². The van der Waals surface area contributed by atoms with E-state index in [1.54, 1.807) is 13.0 Å². The second kappa shape index (κ2) is 9.54. The number of carboxylic acid groups (broad SMARTS) is 1. The molecule has 1 aromatic heterocycles. The van der Waals surface area contributed by atoms with Crippen LogP contribution in [0.2, 0.25) is 0 Å². The molecule has 0 radical (unpaired) electrons. The van der Waals surface area contributed by atoms with Crippen LogP contribution in [-0.2, 0) is 20.7 Å². The van der Waals surface area contributed by atoms with E-state index in [2.05, 4.69) is 29.6 Å². The zero-order valence-corrected chi connectivity index (χ0v) is 20.1. The van der Waals surface area contributed by atoms with Gasteiger partial charge in [0.2, 0.25) is 5.91 Å². The van der Waals surface area contributed by atoms with E-state index in [0.29, 0.717) is 18.5 Å². The molecule has 0 saturated carbocycles. The Morgan fingerprint density at radius 1 is 1.06 bits per heavy atom. The number of carbonyl (C=O) groups excluding carboxylic acids is 2. The van der Waals surface area contributed by atoms with E-state index in [4.69, 9.17) is 4.74 Å². The lowest BCUT2D eigenvalue weighted by Gasteiger charge is -2.34. The molecule has 2 amide bonds. The second-order valence-corrected chi connectivity index (χ2v) is 9.95. The first kappa shape index (κ1) is 23.1. The SMILES string of the molecule is CC(CC(=O)N1CCc2sccc2C1C(=O)O)NC(=O)OCC1c2ccccc2-c2ccccc21. The lowest BCUT2D eigenvalue weighted by Crippen LogP contribution is -2.45. The summed E-state index contributed by atoms with van der Waals surface area (Å²) in [6.07, 6.45) is 0.0326. The van der Waals surface area contributed by atoms with Gasteiger partial charge in [0.05, 0.1) is 0 Å². The van der Waals surface area contributed by atoms with Gasteiger partial charge >= 0.3 is 12.1 Å². The molecule has 2 atom stereocenters. The summed E-state index contributed by atoms with van der Waals surface area (Å²) in [6.45, 7) is 2.25. The molecule has 2 heterocycles. The molecule has 180 valence electrons. The van der Waals surface area contributed by atoms with E-state index in [1.807, 2.05) is 29.6 Å². The molecule has 0 fully saturated rings. The van der Waals surface area contributed by atoms with Crippen molar-refractivity contribution >= 4 is 29.3 Å². The Labute approximate surface area is 207 Å². The van der Waals surface area contributed by atoms with Crippen molar-refractivity contribution in [1.82, 2.24) is 10.2 Å². The Bertz CT molecular complexity index is 1240. The van der Waals surface area contributed by atoms with Gasteiger partial charge < -0.3 is 20.1 Å². The largest absolute Gasteiger partial charge is 0.479 e. The maximum atomic E-state index is 13.0. The van der Waals surface area contributed by atoms with Crippen LogP contribution in [0.15, 0.2) is 60.0 Å². The van der Waals surface area contributed by atoms with Gasteiger partial charge in [0.25, 0.3) is 0 Å². The summed E-state index contributed by atoms with van der Waals surface area (Å²) in [5.74, 6) is -1.40. The molecule has 35 heavy (non-hydrogen) atoms. The van der Waals surface area contributed by atoms with Gasteiger partial charge in [-0.15, -0.1) is 11.3 Å². The van der Waals surface area contributed by atoms with E-state index in [1.165, 1.54) is 16.2 Å². The molecule has 5 rings (SSSR count). The number of amides is 2. The Hall–Kier alpha value is -3.65. The van der Waals surface area contributed by atoms with Crippen molar-refractivity contribution in [2.75, 3.05) is 13.2 Å². The smallest absolute Gasteiger partial charge is 0.407 e. The van der Waals surface area contributed by atoms with Crippen molar-refractivity contribution < 1.29 is 24.2 Å². The van der Waals surface area contributed by atoms with Gasteiger partial charge in [-0.3, -0.25) is 4.79 Å². The summed E-state index contributed by atoms with van der Waals surface area (Å²) in [5, 5.41) is 14.3. The summed E-state index contributed by atoms with van der Waals surface area (Å²) in [7, 11) is 0. The van der Waals surface area contributed by atoms with Crippen molar-refractivity contribution in [2.45, 2.75) is 37.8 Å². The van der Waals surface area contributed by atoms with E-state index < -0.39 is 24.1 Å². The number of nitrogens with zero attached hydrogens (tertiary/aromatic N) is 1. The molecular weight excluding hydrogens is 464 g/mol. The average molecular weight is 491 g/mol. The number of thiophene rings is 1. The molecule has 0 saturated heterocycles. The van der Waals surface area contributed by atoms with E-state index in [-0.39, 0.29) is 24.9 Å². The maximum Gasteiger partial charge on any atom is 0.407 e. The number of carboxylic acids is 1. The third-order valence-corrected chi connectivity index (χ3v) is 7.71. The molecule has 2 N–H and O–H groups in total. The van der Waals surface area contributed by atoms with Gasteiger partial charge in [-0.1, -0.05) is 48.5 Å². The lowest BCUT2D eigenvalue weighted by molar-refractivity contribution is -0.151. The average Bonchev–Trinajstić information content (AvgIpc) is 3.44. The number of alkyl carbamates (subject to hydrolysis) is 1. The van der Waals surface area contributed by atoms with Crippen LogP contribution in [-0.4, -0.2) is 47.2 Å². The van der Waals surface area contributed by atoms with Crippen LogP contribution in [0.25, 0.3) is 11.1 Å². The first-order valence-electron chi connectivity index (χ1n) is 11.6. The minimum absolute atomic E-state index is 0.00650. The molecule has 7 nitrogen and oxygen atoms in total. The highest BCUT2D eigenvalue weighted by Gasteiger charge is 2.37. The van der Waals surface area contributed by atoms with Gasteiger partial charge in [-0.05, 0) is 52.6 Å². The predicted octanol–water partition coefficient (Wildman–Crippen LogP) is 4.58. The number of nitrogens with one attached hydrogen (secondary N) is 1. The predicted molar refractivity (Wildman–Crippen MR) is 132 cm³/mol. The zero-order valence-electron chi connectivity index (χ0n) is 19.3. The molecule has 0 spiro atoms. The molecule has 1 aliphatic heterocycles. The second-order valence-electron chi connectivity index (χ2n) is 8.95. The number of ether oxygens (including phenoxy) is 1. The molecular formula is C27H26N2O5S. The monoisotopic (exact) mass is 490 g/mol. The van der Waals surface area contributed by atoms with Crippen LogP contribution in [0, 0.1) is 0 Å². The lowest BCUT2D eigenvalue weighted by atomic mass is 9.98. The molecule has 1 aliphatic carbocycles. The van der Waals surface area contributed by atoms with Crippen LogP contribution in [0.5, 0.6) is 0 Å². The normalized spacial score (nSPS) is 17.2. The number of aliphatic carboxylic acids is 1. The quantitative estimate of drug-likeness (QED) is 0.528. The van der Waals surface area contributed by atoms with E-state index in [9.17, 15) is 19.5 Å². The molecule has 2 unspecified atom stereocenters. The number of hydrogen-bond donors (Lipinski definition) is 2. The Morgan fingerprint density at radius 2 is 1.71 bits per heavy atom. The van der Waals surface area contributed by atoms with Crippen molar-refractivity contribution in [3.05, 3.63) is 81.5 Å². The molecule has 2 aliphatic rings. The highest BCUT2D eigenvalue weighted by molar-refractivity contribution is 7.10. The standard InChI is InChI=1S/C27H26N2O5S/c1-16(14-24(30)29-12-10-23-21(11-13-35-23)25(29)26(31)32)28-27(33)34-15-22-19-8-4-2-6-17(19)18-7-3-5-9-20(18)22/h2-9,11,13,16,22,25H,10,12,14-15H2,1H3,(H,28,33)(H,31,32). The summed E-state index contributed by atoms with van der Waals surface area (Å²) >= 11 is 1.52. The molecule has 2 aromatic carbocycles. The fourth-order valence-corrected chi connectivity index (χ4v) is 6.03. The topological polar surface area (TPSA) is 95.9 Å². The fraction of sp³-hybridized carbons (Fsp3) is 0.296. The first-order chi connectivity index (χ1) is 16.9. The van der Waals surface area contributed by atoms with Crippen LogP contribution >= 0.6 is 11.3 Å². The van der Waals surface area contributed by atoms with Gasteiger partial charge in [-0.25, -0.2) is 9.59 Å². The summed E-state index contributed by atoms with van der Waals surface area (Å²) < 4.78 is 5.57. The van der Waals surface area contributed by atoms with Gasteiger partial charge in [0.1, 0.15) is 6.61 Å².